The quantitative estimate of drug-likeness (QED) is 0.158. The van der Waals surface area contributed by atoms with Gasteiger partial charge in [-0.05, 0) is 54.3 Å². The highest BCUT2D eigenvalue weighted by Gasteiger charge is 2.51. The van der Waals surface area contributed by atoms with Crippen molar-refractivity contribution >= 4 is 11.8 Å². The van der Waals surface area contributed by atoms with Crippen LogP contribution < -0.4 is 14.8 Å². The average Bonchev–Trinajstić information content (AvgIpc) is 3.47. The summed E-state index contributed by atoms with van der Waals surface area (Å²) in [6.07, 6.45) is 10.1. The maximum atomic E-state index is 14.0. The van der Waals surface area contributed by atoms with E-state index < -0.39 is 30.1 Å². The maximum absolute atomic E-state index is 14.0. The van der Waals surface area contributed by atoms with Gasteiger partial charge < -0.3 is 35.0 Å². The summed E-state index contributed by atoms with van der Waals surface area (Å²) in [6.45, 7) is 1.91. The number of unbranched alkanes of at least 4 members (excludes halogenated alkanes) is 8. The predicted molar refractivity (Wildman–Crippen MR) is 178 cm³/mol. The zero-order valence-electron chi connectivity index (χ0n) is 27.8. The van der Waals surface area contributed by atoms with Crippen LogP contribution in [0.5, 0.6) is 11.5 Å². The van der Waals surface area contributed by atoms with Crippen molar-refractivity contribution in [1.29, 1.82) is 0 Å². The molecule has 258 valence electrons. The van der Waals surface area contributed by atoms with E-state index in [9.17, 15) is 29.3 Å². The SMILES string of the molecule is CCCCCCCCCCCC(=O)N(CCc1cccc(F)c1)[C@@H]1C=C(C(=O)NCCO)[C@@H]2c3cc(CO)cc(OC)c3O[C@@H]2[C@H]1O. The average molecular weight is 655 g/mol. The van der Waals surface area contributed by atoms with Crippen molar-refractivity contribution in [3.8, 4) is 11.5 Å². The fraction of sp³-hybridized carbons (Fsp3) is 0.568. The Kier molecular flexibility index (Phi) is 14.1. The van der Waals surface area contributed by atoms with E-state index in [0.29, 0.717) is 46.6 Å². The Morgan fingerprint density at radius 3 is 2.38 bits per heavy atom. The summed E-state index contributed by atoms with van der Waals surface area (Å²) < 4.78 is 25.9. The number of fused-ring (bicyclic) bond motifs is 3. The number of ether oxygens (including phenoxy) is 2. The van der Waals surface area contributed by atoms with E-state index in [1.165, 1.54) is 51.3 Å². The highest BCUT2D eigenvalue weighted by molar-refractivity contribution is 5.96. The van der Waals surface area contributed by atoms with Gasteiger partial charge in [-0.15, -0.1) is 0 Å². The number of amides is 2. The van der Waals surface area contributed by atoms with Gasteiger partial charge in [-0.2, -0.15) is 0 Å². The summed E-state index contributed by atoms with van der Waals surface area (Å²) in [6, 6.07) is 8.71. The summed E-state index contributed by atoms with van der Waals surface area (Å²) in [4.78, 5) is 29.1. The summed E-state index contributed by atoms with van der Waals surface area (Å²) in [5.74, 6) is -0.947. The molecule has 0 radical (unpaired) electrons. The second-order valence-electron chi connectivity index (χ2n) is 12.6. The number of rotatable bonds is 19. The number of carbonyl (C=O) groups is 2. The molecule has 0 aromatic heterocycles. The molecule has 0 fully saturated rings. The van der Waals surface area contributed by atoms with Gasteiger partial charge in [0.15, 0.2) is 11.5 Å². The summed E-state index contributed by atoms with van der Waals surface area (Å²) >= 11 is 0. The lowest BCUT2D eigenvalue weighted by Gasteiger charge is -2.41. The van der Waals surface area contributed by atoms with Gasteiger partial charge in [0, 0.05) is 30.6 Å². The first-order valence-corrected chi connectivity index (χ1v) is 17.1. The molecule has 1 heterocycles. The first-order chi connectivity index (χ1) is 22.8. The lowest BCUT2D eigenvalue weighted by molar-refractivity contribution is -0.137. The number of hydrogen-bond acceptors (Lipinski definition) is 7. The van der Waals surface area contributed by atoms with Crippen molar-refractivity contribution in [2.75, 3.05) is 26.8 Å². The summed E-state index contributed by atoms with van der Waals surface area (Å²) in [7, 11) is 1.48. The molecular weight excluding hydrogens is 603 g/mol. The van der Waals surface area contributed by atoms with Crippen molar-refractivity contribution in [3.63, 3.8) is 0 Å². The number of carbonyl (C=O) groups excluding carboxylic acids is 2. The molecule has 4 atom stereocenters. The van der Waals surface area contributed by atoms with Gasteiger partial charge in [-0.3, -0.25) is 9.59 Å². The highest BCUT2D eigenvalue weighted by atomic mass is 19.1. The number of aliphatic hydroxyl groups excluding tert-OH is 3. The number of hydrogen-bond donors (Lipinski definition) is 4. The molecule has 0 saturated heterocycles. The lowest BCUT2D eigenvalue weighted by atomic mass is 9.77. The van der Waals surface area contributed by atoms with Crippen LogP contribution in [-0.2, 0) is 22.6 Å². The van der Waals surface area contributed by atoms with Crippen LogP contribution in [0.2, 0.25) is 0 Å². The van der Waals surface area contributed by atoms with E-state index in [-0.39, 0.29) is 44.4 Å². The Bertz CT molecular complexity index is 1370. The van der Waals surface area contributed by atoms with E-state index in [1.54, 1.807) is 35.2 Å². The molecule has 2 aromatic rings. The molecule has 10 heteroatoms. The first kappa shape index (κ1) is 36.4. The lowest BCUT2D eigenvalue weighted by Crippen LogP contribution is -2.56. The van der Waals surface area contributed by atoms with Gasteiger partial charge in [0.2, 0.25) is 11.8 Å². The second-order valence-corrected chi connectivity index (χ2v) is 12.6. The number of nitrogens with zero attached hydrogens (tertiary/aromatic N) is 1. The molecule has 0 spiro atoms. The van der Waals surface area contributed by atoms with Crippen LogP contribution in [0.4, 0.5) is 4.39 Å². The predicted octanol–water partition coefficient (Wildman–Crippen LogP) is 4.94. The van der Waals surface area contributed by atoms with Crippen molar-refractivity contribution in [2.45, 2.75) is 108 Å². The van der Waals surface area contributed by atoms with Crippen LogP contribution in [0.3, 0.4) is 0 Å². The van der Waals surface area contributed by atoms with Crippen LogP contribution in [0.15, 0.2) is 48.0 Å². The molecule has 0 bridgehead atoms. The molecule has 47 heavy (non-hydrogen) atoms. The van der Waals surface area contributed by atoms with Crippen molar-refractivity contribution in [1.82, 2.24) is 10.2 Å². The van der Waals surface area contributed by atoms with Crippen molar-refractivity contribution < 1.29 is 38.8 Å². The van der Waals surface area contributed by atoms with Crippen LogP contribution in [0.25, 0.3) is 0 Å². The third-order valence-corrected chi connectivity index (χ3v) is 9.20. The van der Waals surface area contributed by atoms with Gasteiger partial charge in [0.25, 0.3) is 0 Å². The summed E-state index contributed by atoms with van der Waals surface area (Å²) in [5, 5.41) is 33.9. The van der Waals surface area contributed by atoms with E-state index in [1.807, 2.05) is 0 Å². The Morgan fingerprint density at radius 1 is 1.00 bits per heavy atom. The number of aliphatic hydroxyl groups is 3. The zero-order chi connectivity index (χ0) is 33.8. The molecule has 2 aromatic carbocycles. The Labute approximate surface area is 277 Å². The minimum absolute atomic E-state index is 0.0231. The highest BCUT2D eigenvalue weighted by Crippen LogP contribution is 2.51. The van der Waals surface area contributed by atoms with E-state index >= 15 is 0 Å². The number of benzene rings is 2. The first-order valence-electron chi connectivity index (χ1n) is 17.1. The Balaban J connectivity index is 1.60. The molecule has 2 amide bonds. The molecule has 0 saturated carbocycles. The molecule has 1 aliphatic heterocycles. The zero-order valence-corrected chi connectivity index (χ0v) is 27.8. The maximum Gasteiger partial charge on any atom is 0.247 e. The minimum Gasteiger partial charge on any atom is -0.493 e. The Morgan fingerprint density at radius 2 is 1.72 bits per heavy atom. The number of halogens is 1. The molecule has 4 rings (SSSR count). The van der Waals surface area contributed by atoms with Crippen molar-refractivity contribution in [2.24, 2.45) is 0 Å². The number of methoxy groups -OCH3 is 1. The smallest absolute Gasteiger partial charge is 0.247 e. The van der Waals surface area contributed by atoms with Crippen molar-refractivity contribution in [3.05, 3.63) is 70.6 Å². The second kappa shape index (κ2) is 18.2. The van der Waals surface area contributed by atoms with E-state index in [2.05, 4.69) is 12.2 Å². The molecule has 0 unspecified atom stereocenters. The monoisotopic (exact) mass is 654 g/mol. The third-order valence-electron chi connectivity index (χ3n) is 9.20. The molecule has 9 nitrogen and oxygen atoms in total. The van der Waals surface area contributed by atoms with E-state index in [4.69, 9.17) is 9.47 Å². The van der Waals surface area contributed by atoms with Crippen LogP contribution in [0.1, 0.15) is 93.7 Å². The number of nitrogens with one attached hydrogen (secondary N) is 1. The summed E-state index contributed by atoms with van der Waals surface area (Å²) in [5.41, 5.74) is 2.16. The van der Waals surface area contributed by atoms with Gasteiger partial charge in [-0.25, -0.2) is 4.39 Å². The fourth-order valence-corrected chi connectivity index (χ4v) is 6.73. The largest absolute Gasteiger partial charge is 0.493 e. The van der Waals surface area contributed by atoms with Crippen LogP contribution >= 0.6 is 0 Å². The van der Waals surface area contributed by atoms with Crippen LogP contribution in [-0.4, -0.2) is 77.1 Å². The molecule has 4 N–H and O–H groups in total. The molecule has 2 aliphatic rings. The standard InChI is InChI=1S/C37H51FN2O7/c1-3-4-5-6-7-8-9-10-11-15-32(43)40(18-16-25-13-12-14-27(38)20-25)30-23-29(37(45)39-17-19-41)33-28-21-26(24-42)22-31(46-2)35(28)47-36(33)34(30)44/h12-14,20-23,30,33-34,36,41-42,44H,3-11,15-19,24H2,1-2H3,(H,39,45)/t30-,33+,34+,36+/m1/s1. The van der Waals surface area contributed by atoms with Gasteiger partial charge in [-0.1, -0.05) is 70.4 Å². The topological polar surface area (TPSA) is 129 Å². The van der Waals surface area contributed by atoms with Gasteiger partial charge >= 0.3 is 0 Å². The van der Waals surface area contributed by atoms with Gasteiger partial charge in [0.1, 0.15) is 18.0 Å². The van der Waals surface area contributed by atoms with Gasteiger partial charge in [0.05, 0.1) is 32.3 Å². The molecule has 1 aliphatic carbocycles. The minimum atomic E-state index is -1.20. The van der Waals surface area contributed by atoms with Crippen LogP contribution in [0, 0.1) is 5.82 Å². The normalized spacial score (nSPS) is 19.7. The van der Waals surface area contributed by atoms with E-state index in [0.717, 1.165) is 19.3 Å². The molecular formula is C37H51FN2O7. The Hall–Kier alpha value is -3.47. The fourth-order valence-electron chi connectivity index (χ4n) is 6.73. The third kappa shape index (κ3) is 9.33.